The van der Waals surface area contributed by atoms with E-state index in [0.29, 0.717) is 0 Å². The lowest BCUT2D eigenvalue weighted by Gasteiger charge is -2.11. The molecule has 0 aliphatic carbocycles. The van der Waals surface area contributed by atoms with Crippen LogP contribution in [0, 0.1) is 5.82 Å². The molecule has 0 aromatic heterocycles. The third-order valence-electron chi connectivity index (χ3n) is 2.87. The van der Waals surface area contributed by atoms with Gasteiger partial charge in [0.25, 0.3) is 0 Å². The predicted octanol–water partition coefficient (Wildman–Crippen LogP) is 1.43. The summed E-state index contributed by atoms with van der Waals surface area (Å²) in [5.41, 5.74) is 5.87. The van der Waals surface area contributed by atoms with Crippen LogP contribution in [0.25, 0.3) is 0 Å². The van der Waals surface area contributed by atoms with Crippen molar-refractivity contribution in [2.75, 3.05) is 6.26 Å². The SMILES string of the molecule is CCC(C)NC(N)=NCc1cc(S(C)(=O)=O)ccc1F. The highest BCUT2D eigenvalue weighted by molar-refractivity contribution is 7.90. The maximum absolute atomic E-state index is 13.6. The number of guanidine groups is 1. The fraction of sp³-hybridized carbons (Fsp3) is 0.462. The van der Waals surface area contributed by atoms with E-state index < -0.39 is 15.7 Å². The zero-order chi connectivity index (χ0) is 15.3. The number of hydrogen-bond acceptors (Lipinski definition) is 3. The number of halogens is 1. The zero-order valence-corrected chi connectivity index (χ0v) is 12.7. The van der Waals surface area contributed by atoms with Gasteiger partial charge in [0, 0.05) is 17.9 Å². The minimum Gasteiger partial charge on any atom is -0.370 e. The van der Waals surface area contributed by atoms with Crippen LogP contribution in [0.3, 0.4) is 0 Å². The zero-order valence-electron chi connectivity index (χ0n) is 11.9. The van der Waals surface area contributed by atoms with Crippen molar-refractivity contribution in [2.45, 2.75) is 37.8 Å². The van der Waals surface area contributed by atoms with E-state index in [0.717, 1.165) is 18.7 Å². The Balaban J connectivity index is 2.90. The first-order chi connectivity index (χ1) is 9.24. The van der Waals surface area contributed by atoms with E-state index in [1.807, 2.05) is 13.8 Å². The molecule has 0 heterocycles. The first-order valence-corrected chi connectivity index (χ1v) is 8.18. The summed E-state index contributed by atoms with van der Waals surface area (Å²) in [6, 6.07) is 3.81. The van der Waals surface area contributed by atoms with Crippen molar-refractivity contribution in [3.8, 4) is 0 Å². The van der Waals surface area contributed by atoms with Gasteiger partial charge in [-0.1, -0.05) is 6.92 Å². The normalized spacial score (nSPS) is 14.1. The van der Waals surface area contributed by atoms with Crippen molar-refractivity contribution in [3.05, 3.63) is 29.6 Å². The van der Waals surface area contributed by atoms with E-state index in [1.54, 1.807) is 0 Å². The Morgan fingerprint density at radius 2 is 2.15 bits per heavy atom. The fourth-order valence-corrected chi connectivity index (χ4v) is 2.14. The largest absolute Gasteiger partial charge is 0.370 e. The maximum Gasteiger partial charge on any atom is 0.189 e. The molecule has 0 bridgehead atoms. The van der Waals surface area contributed by atoms with E-state index in [9.17, 15) is 12.8 Å². The Morgan fingerprint density at radius 1 is 1.50 bits per heavy atom. The van der Waals surface area contributed by atoms with Gasteiger partial charge in [-0.05, 0) is 31.5 Å². The Labute approximate surface area is 119 Å². The Morgan fingerprint density at radius 3 is 2.70 bits per heavy atom. The first-order valence-electron chi connectivity index (χ1n) is 6.29. The van der Waals surface area contributed by atoms with Crippen molar-refractivity contribution in [1.29, 1.82) is 0 Å². The van der Waals surface area contributed by atoms with Gasteiger partial charge >= 0.3 is 0 Å². The summed E-state index contributed by atoms with van der Waals surface area (Å²) in [6.07, 6.45) is 1.96. The molecule has 0 saturated carbocycles. The summed E-state index contributed by atoms with van der Waals surface area (Å²) in [5.74, 6) is -0.291. The van der Waals surface area contributed by atoms with Gasteiger partial charge in [-0.15, -0.1) is 0 Å². The molecule has 3 N–H and O–H groups in total. The van der Waals surface area contributed by atoms with Crippen LogP contribution in [0.1, 0.15) is 25.8 Å². The van der Waals surface area contributed by atoms with Crippen molar-refractivity contribution < 1.29 is 12.8 Å². The maximum atomic E-state index is 13.6. The topological polar surface area (TPSA) is 84.5 Å². The van der Waals surface area contributed by atoms with E-state index in [1.165, 1.54) is 12.1 Å². The lowest BCUT2D eigenvalue weighted by molar-refractivity contribution is 0.596. The molecule has 0 saturated heterocycles. The molecule has 112 valence electrons. The summed E-state index contributed by atoms with van der Waals surface area (Å²) >= 11 is 0. The van der Waals surface area contributed by atoms with Gasteiger partial charge in [0.05, 0.1) is 11.4 Å². The van der Waals surface area contributed by atoms with Gasteiger partial charge in [0.1, 0.15) is 5.82 Å². The predicted molar refractivity (Wildman–Crippen MR) is 77.7 cm³/mol. The van der Waals surface area contributed by atoms with Crippen molar-refractivity contribution in [3.63, 3.8) is 0 Å². The number of nitrogens with zero attached hydrogens (tertiary/aromatic N) is 1. The molecule has 0 aliphatic heterocycles. The molecule has 1 rings (SSSR count). The van der Waals surface area contributed by atoms with Crippen LogP contribution >= 0.6 is 0 Å². The third-order valence-corrected chi connectivity index (χ3v) is 3.98. The lowest BCUT2D eigenvalue weighted by Crippen LogP contribution is -2.38. The second-order valence-electron chi connectivity index (χ2n) is 4.68. The highest BCUT2D eigenvalue weighted by Gasteiger charge is 2.11. The van der Waals surface area contributed by atoms with E-state index in [2.05, 4.69) is 10.3 Å². The van der Waals surface area contributed by atoms with Gasteiger partial charge in [-0.25, -0.2) is 17.8 Å². The Kier molecular flexibility index (Phi) is 5.50. The van der Waals surface area contributed by atoms with Gasteiger partial charge in [-0.3, -0.25) is 0 Å². The van der Waals surface area contributed by atoms with Crippen LogP contribution in [0.5, 0.6) is 0 Å². The molecular formula is C13H20FN3O2S. The molecule has 5 nitrogen and oxygen atoms in total. The Hall–Kier alpha value is -1.63. The quantitative estimate of drug-likeness (QED) is 0.489. The van der Waals surface area contributed by atoms with E-state index >= 15 is 0 Å². The van der Waals surface area contributed by atoms with Gasteiger partial charge in [-0.2, -0.15) is 0 Å². The van der Waals surface area contributed by atoms with Crippen LogP contribution in [-0.4, -0.2) is 26.7 Å². The standard InChI is InChI=1S/C13H20FN3O2S/c1-4-9(2)17-13(15)16-8-10-7-11(20(3,18)19)5-6-12(10)14/h5-7,9H,4,8H2,1-3H3,(H3,15,16,17). The molecule has 1 unspecified atom stereocenters. The highest BCUT2D eigenvalue weighted by Crippen LogP contribution is 2.15. The van der Waals surface area contributed by atoms with Crippen LogP contribution in [0.2, 0.25) is 0 Å². The molecule has 0 fully saturated rings. The van der Waals surface area contributed by atoms with E-state index in [-0.39, 0.29) is 29.0 Å². The van der Waals surface area contributed by atoms with Crippen LogP contribution in [0.4, 0.5) is 4.39 Å². The fourth-order valence-electron chi connectivity index (χ4n) is 1.47. The summed E-state index contributed by atoms with van der Waals surface area (Å²) < 4.78 is 36.5. The number of sulfone groups is 1. The molecular weight excluding hydrogens is 281 g/mol. The number of nitrogens with one attached hydrogen (secondary N) is 1. The average molecular weight is 301 g/mol. The molecule has 7 heteroatoms. The summed E-state index contributed by atoms with van der Waals surface area (Å²) in [7, 11) is -3.37. The second-order valence-corrected chi connectivity index (χ2v) is 6.70. The monoisotopic (exact) mass is 301 g/mol. The number of benzene rings is 1. The van der Waals surface area contributed by atoms with Crippen LogP contribution in [0.15, 0.2) is 28.1 Å². The molecule has 20 heavy (non-hydrogen) atoms. The van der Waals surface area contributed by atoms with Crippen LogP contribution in [-0.2, 0) is 16.4 Å². The first kappa shape index (κ1) is 16.4. The summed E-state index contributed by atoms with van der Waals surface area (Å²) in [6.45, 7) is 3.94. The summed E-state index contributed by atoms with van der Waals surface area (Å²) in [4.78, 5) is 4.08. The highest BCUT2D eigenvalue weighted by atomic mass is 32.2. The average Bonchev–Trinajstić information content (AvgIpc) is 2.36. The molecule has 1 aromatic carbocycles. The number of hydrogen-bond donors (Lipinski definition) is 2. The molecule has 1 aromatic rings. The molecule has 0 amide bonds. The molecule has 1 atom stereocenters. The van der Waals surface area contributed by atoms with Crippen molar-refractivity contribution >= 4 is 15.8 Å². The summed E-state index contributed by atoms with van der Waals surface area (Å²) in [5, 5.41) is 2.95. The van der Waals surface area contributed by atoms with Gasteiger partial charge < -0.3 is 11.1 Å². The van der Waals surface area contributed by atoms with Gasteiger partial charge in [0.2, 0.25) is 0 Å². The number of nitrogens with two attached hydrogens (primary N) is 1. The molecule has 0 radical (unpaired) electrons. The molecule has 0 spiro atoms. The number of aliphatic imine (C=N–C) groups is 1. The minimum atomic E-state index is -3.37. The molecule has 0 aliphatic rings. The van der Waals surface area contributed by atoms with Gasteiger partial charge in [0.15, 0.2) is 15.8 Å². The second kappa shape index (κ2) is 6.69. The smallest absolute Gasteiger partial charge is 0.189 e. The van der Waals surface area contributed by atoms with E-state index in [4.69, 9.17) is 5.73 Å². The van der Waals surface area contributed by atoms with Crippen molar-refractivity contribution in [2.24, 2.45) is 10.7 Å². The number of rotatable bonds is 5. The minimum absolute atomic E-state index is 0.00946. The van der Waals surface area contributed by atoms with Crippen molar-refractivity contribution in [1.82, 2.24) is 5.32 Å². The Bertz CT molecular complexity index is 600. The lowest BCUT2D eigenvalue weighted by atomic mass is 10.2. The van der Waals surface area contributed by atoms with Crippen LogP contribution < -0.4 is 11.1 Å². The third kappa shape index (κ3) is 4.80.